The van der Waals surface area contributed by atoms with Crippen LogP contribution in [-0.4, -0.2) is 39.4 Å². The summed E-state index contributed by atoms with van der Waals surface area (Å²) < 4.78 is 30.7. The van der Waals surface area contributed by atoms with Crippen LogP contribution >= 0.6 is 11.8 Å². The minimum absolute atomic E-state index is 0.231. The lowest BCUT2D eigenvalue weighted by Crippen LogP contribution is -2.41. The highest BCUT2D eigenvalue weighted by Gasteiger charge is 2.22. The van der Waals surface area contributed by atoms with Crippen molar-refractivity contribution in [2.24, 2.45) is 0 Å². The predicted octanol–water partition coefficient (Wildman–Crippen LogP) is 2.71. The van der Waals surface area contributed by atoms with Crippen LogP contribution in [0.3, 0.4) is 0 Å². The van der Waals surface area contributed by atoms with Gasteiger partial charge in [-0.1, -0.05) is 17.7 Å². The molecule has 1 amide bonds. The number of thioether (sulfide) groups is 1. The van der Waals surface area contributed by atoms with Gasteiger partial charge in [0, 0.05) is 12.3 Å². The number of amides is 1. The summed E-state index contributed by atoms with van der Waals surface area (Å²) in [6, 6.07) is 9.21. The topological polar surface area (TPSA) is 79.6 Å². The standard InChI is InChI=1S/C18H24N2O4S2/c1-14-6-7-17(15(2)11-14)20(26(3,22)23)12-18(21)19-8-10-25-13-16-5-4-9-24-16/h4-7,9,11H,8,10,12-13H2,1-3H3,(H,19,21). The number of hydrogen-bond acceptors (Lipinski definition) is 5. The molecule has 2 aromatic rings. The molecule has 0 spiro atoms. The lowest BCUT2D eigenvalue weighted by Gasteiger charge is -2.24. The largest absolute Gasteiger partial charge is 0.468 e. The van der Waals surface area contributed by atoms with E-state index in [2.05, 4.69) is 5.32 Å². The van der Waals surface area contributed by atoms with Crippen molar-refractivity contribution in [3.05, 3.63) is 53.5 Å². The van der Waals surface area contributed by atoms with E-state index < -0.39 is 10.0 Å². The van der Waals surface area contributed by atoms with Gasteiger partial charge in [0.1, 0.15) is 12.3 Å². The monoisotopic (exact) mass is 396 g/mol. The summed E-state index contributed by atoms with van der Waals surface area (Å²) >= 11 is 1.64. The van der Waals surface area contributed by atoms with Crippen molar-refractivity contribution in [3.63, 3.8) is 0 Å². The second-order valence-electron chi connectivity index (χ2n) is 6.04. The average molecular weight is 397 g/mol. The first kappa shape index (κ1) is 20.4. The summed E-state index contributed by atoms with van der Waals surface area (Å²) in [6.45, 7) is 4.01. The molecular weight excluding hydrogens is 372 g/mol. The van der Waals surface area contributed by atoms with Gasteiger partial charge in [-0.25, -0.2) is 8.42 Å². The quantitative estimate of drug-likeness (QED) is 0.659. The van der Waals surface area contributed by atoms with Crippen molar-refractivity contribution in [1.29, 1.82) is 0 Å². The lowest BCUT2D eigenvalue weighted by atomic mass is 10.1. The fourth-order valence-corrected chi connectivity index (χ4v) is 4.15. The van der Waals surface area contributed by atoms with Crippen molar-refractivity contribution >= 4 is 33.4 Å². The second kappa shape index (κ2) is 9.14. The Labute approximate surface area is 159 Å². The Morgan fingerprint density at radius 1 is 1.27 bits per heavy atom. The second-order valence-corrected chi connectivity index (χ2v) is 9.05. The highest BCUT2D eigenvalue weighted by Crippen LogP contribution is 2.23. The van der Waals surface area contributed by atoms with E-state index in [4.69, 9.17) is 4.42 Å². The van der Waals surface area contributed by atoms with Crippen LogP contribution in [0.15, 0.2) is 41.0 Å². The van der Waals surface area contributed by atoms with E-state index in [0.29, 0.717) is 12.2 Å². The molecular formula is C18H24N2O4S2. The summed E-state index contributed by atoms with van der Waals surface area (Å²) in [6.07, 6.45) is 2.74. The molecule has 0 radical (unpaired) electrons. The van der Waals surface area contributed by atoms with Gasteiger partial charge in [-0.15, -0.1) is 0 Å². The lowest BCUT2D eigenvalue weighted by molar-refractivity contribution is -0.119. The molecule has 6 nitrogen and oxygen atoms in total. The van der Waals surface area contributed by atoms with Gasteiger partial charge in [0.25, 0.3) is 0 Å². The summed E-state index contributed by atoms with van der Waals surface area (Å²) in [5, 5.41) is 2.77. The van der Waals surface area contributed by atoms with E-state index in [1.54, 1.807) is 24.1 Å². The van der Waals surface area contributed by atoms with E-state index in [1.165, 1.54) is 0 Å². The molecule has 1 N–H and O–H groups in total. The number of anilines is 1. The minimum Gasteiger partial charge on any atom is -0.468 e. The SMILES string of the molecule is Cc1ccc(N(CC(=O)NCCSCc2ccco2)S(C)(=O)=O)c(C)c1. The first-order valence-corrected chi connectivity index (χ1v) is 11.2. The van der Waals surface area contributed by atoms with E-state index in [1.807, 2.05) is 38.1 Å². The van der Waals surface area contributed by atoms with E-state index in [0.717, 1.165) is 39.0 Å². The van der Waals surface area contributed by atoms with Crippen molar-refractivity contribution in [2.45, 2.75) is 19.6 Å². The molecule has 0 saturated carbocycles. The summed E-state index contributed by atoms with van der Waals surface area (Å²) in [7, 11) is -3.56. The number of aryl methyl sites for hydroxylation is 2. The molecule has 0 unspecified atom stereocenters. The van der Waals surface area contributed by atoms with Crippen molar-refractivity contribution in [2.75, 3.05) is 29.4 Å². The Balaban J connectivity index is 1.88. The number of carbonyl (C=O) groups is 1. The number of benzene rings is 1. The molecule has 0 saturated heterocycles. The number of sulfonamides is 1. The first-order chi connectivity index (χ1) is 12.3. The van der Waals surface area contributed by atoms with Gasteiger partial charge in [-0.2, -0.15) is 11.8 Å². The van der Waals surface area contributed by atoms with E-state index >= 15 is 0 Å². The molecule has 1 aromatic heterocycles. The fraction of sp³-hybridized carbons (Fsp3) is 0.389. The van der Waals surface area contributed by atoms with Crippen LogP contribution in [0.25, 0.3) is 0 Å². The number of nitrogens with one attached hydrogen (secondary N) is 1. The maximum absolute atomic E-state index is 12.2. The van der Waals surface area contributed by atoms with E-state index in [9.17, 15) is 13.2 Å². The number of carbonyl (C=O) groups excluding carboxylic acids is 1. The highest BCUT2D eigenvalue weighted by atomic mass is 32.2. The van der Waals surface area contributed by atoms with Crippen LogP contribution in [0.4, 0.5) is 5.69 Å². The number of nitrogens with zero attached hydrogens (tertiary/aromatic N) is 1. The Morgan fingerprint density at radius 3 is 2.65 bits per heavy atom. The molecule has 0 bridgehead atoms. The molecule has 0 fully saturated rings. The Kier molecular flexibility index (Phi) is 7.16. The normalized spacial score (nSPS) is 11.3. The molecule has 0 atom stereocenters. The van der Waals surface area contributed by atoms with Crippen molar-refractivity contribution < 1.29 is 17.6 Å². The van der Waals surface area contributed by atoms with Gasteiger partial charge >= 0.3 is 0 Å². The summed E-state index contributed by atoms with van der Waals surface area (Å²) in [5.41, 5.74) is 2.38. The third-order valence-corrected chi connectivity index (χ3v) is 5.81. The van der Waals surface area contributed by atoms with Gasteiger partial charge in [-0.05, 0) is 37.6 Å². The molecule has 0 aliphatic heterocycles. The van der Waals surface area contributed by atoms with Gasteiger partial charge in [0.05, 0.1) is 24.0 Å². The smallest absolute Gasteiger partial charge is 0.240 e. The third kappa shape index (κ3) is 6.10. The van der Waals surface area contributed by atoms with Crippen molar-refractivity contribution in [1.82, 2.24) is 5.32 Å². The zero-order valence-corrected chi connectivity index (χ0v) is 16.8. The zero-order valence-electron chi connectivity index (χ0n) is 15.2. The van der Waals surface area contributed by atoms with Crippen LogP contribution in [0.5, 0.6) is 0 Å². The molecule has 0 aliphatic rings. The predicted molar refractivity (Wildman–Crippen MR) is 106 cm³/mol. The van der Waals surface area contributed by atoms with Crippen LogP contribution < -0.4 is 9.62 Å². The Hall–Kier alpha value is -1.93. The van der Waals surface area contributed by atoms with Gasteiger partial charge < -0.3 is 9.73 Å². The summed E-state index contributed by atoms with van der Waals surface area (Å²) in [4.78, 5) is 12.2. The maximum Gasteiger partial charge on any atom is 0.240 e. The molecule has 142 valence electrons. The molecule has 0 aliphatic carbocycles. The number of hydrogen-bond donors (Lipinski definition) is 1. The van der Waals surface area contributed by atoms with Gasteiger partial charge in [-0.3, -0.25) is 9.10 Å². The Bertz CT molecular complexity index is 833. The van der Waals surface area contributed by atoms with Crippen LogP contribution in [0.1, 0.15) is 16.9 Å². The molecule has 8 heteroatoms. The van der Waals surface area contributed by atoms with E-state index in [-0.39, 0.29) is 12.5 Å². The van der Waals surface area contributed by atoms with Crippen LogP contribution in [-0.2, 0) is 20.6 Å². The van der Waals surface area contributed by atoms with Crippen LogP contribution in [0, 0.1) is 13.8 Å². The molecule has 26 heavy (non-hydrogen) atoms. The van der Waals surface area contributed by atoms with Gasteiger partial charge in [0.2, 0.25) is 15.9 Å². The molecule has 1 heterocycles. The highest BCUT2D eigenvalue weighted by molar-refractivity contribution is 7.98. The minimum atomic E-state index is -3.56. The maximum atomic E-state index is 12.2. The first-order valence-electron chi connectivity index (χ1n) is 8.19. The van der Waals surface area contributed by atoms with Crippen molar-refractivity contribution in [3.8, 4) is 0 Å². The molecule has 1 aromatic carbocycles. The number of furan rings is 1. The fourth-order valence-electron chi connectivity index (χ4n) is 2.48. The number of rotatable bonds is 9. The Morgan fingerprint density at radius 2 is 2.04 bits per heavy atom. The summed E-state index contributed by atoms with van der Waals surface area (Å²) in [5.74, 6) is 2.02. The van der Waals surface area contributed by atoms with Gasteiger partial charge in [0.15, 0.2) is 0 Å². The van der Waals surface area contributed by atoms with Crippen LogP contribution in [0.2, 0.25) is 0 Å². The average Bonchev–Trinajstić information content (AvgIpc) is 3.05. The zero-order chi connectivity index (χ0) is 19.2. The third-order valence-electron chi connectivity index (χ3n) is 3.70. The molecule has 2 rings (SSSR count).